The fourth-order valence-electron chi connectivity index (χ4n) is 2.58. The number of alkyl carbamates (subject to hydrolysis) is 1. The van der Waals surface area contributed by atoms with Gasteiger partial charge in [-0.05, 0) is 38.1 Å². The van der Waals surface area contributed by atoms with Gasteiger partial charge in [-0.2, -0.15) is 13.2 Å². The lowest BCUT2D eigenvalue weighted by Gasteiger charge is -2.15. The van der Waals surface area contributed by atoms with Crippen LogP contribution in [-0.2, 0) is 20.4 Å². The Morgan fingerprint density at radius 1 is 1.17 bits per heavy atom. The molecular weight excluding hydrogens is 501 g/mol. The summed E-state index contributed by atoms with van der Waals surface area (Å²) >= 11 is 5.87. The molecule has 0 aliphatic rings. The van der Waals surface area contributed by atoms with Gasteiger partial charge < -0.3 is 18.9 Å². The van der Waals surface area contributed by atoms with Crippen LogP contribution in [0.5, 0.6) is 17.2 Å². The van der Waals surface area contributed by atoms with Gasteiger partial charge >= 0.3 is 23.9 Å². The number of hydrogen-bond donors (Lipinski definition) is 1. The third-order valence-corrected chi connectivity index (χ3v) is 4.38. The molecule has 35 heavy (non-hydrogen) atoms. The molecule has 2 aromatic carbocycles. The second-order valence-corrected chi connectivity index (χ2v) is 7.13. The lowest BCUT2D eigenvalue weighted by atomic mass is 10.2. The maximum Gasteiger partial charge on any atom is 0.416 e. The van der Waals surface area contributed by atoms with E-state index < -0.39 is 40.6 Å². The number of hydrogen-bond acceptors (Lipinski definition) is 8. The zero-order valence-corrected chi connectivity index (χ0v) is 19.1. The highest BCUT2D eigenvalue weighted by Crippen LogP contribution is 2.38. The minimum atomic E-state index is -4.59. The van der Waals surface area contributed by atoms with Crippen molar-refractivity contribution in [3.63, 3.8) is 0 Å². The van der Waals surface area contributed by atoms with Crippen molar-refractivity contribution in [3.05, 3.63) is 57.1 Å². The lowest BCUT2D eigenvalue weighted by Crippen LogP contribution is -2.36. The Kier molecular flexibility index (Phi) is 9.51. The highest BCUT2D eigenvalue weighted by atomic mass is 35.5. The van der Waals surface area contributed by atoms with Crippen LogP contribution in [0.15, 0.2) is 36.4 Å². The third-order valence-electron chi connectivity index (χ3n) is 4.08. The van der Waals surface area contributed by atoms with Crippen LogP contribution in [0, 0.1) is 10.1 Å². The molecule has 2 aromatic rings. The van der Waals surface area contributed by atoms with Gasteiger partial charge in [0.1, 0.15) is 11.5 Å². The number of rotatable bonds is 10. The van der Waals surface area contributed by atoms with E-state index in [0.29, 0.717) is 6.07 Å². The summed E-state index contributed by atoms with van der Waals surface area (Å²) in [6.07, 6.45) is -6.67. The molecule has 0 radical (unpaired) electrons. The fraction of sp³-hybridized carbons (Fsp3) is 0.333. The van der Waals surface area contributed by atoms with Gasteiger partial charge in [-0.3, -0.25) is 20.2 Å². The van der Waals surface area contributed by atoms with Crippen LogP contribution in [-0.4, -0.2) is 36.4 Å². The first-order chi connectivity index (χ1) is 16.4. The van der Waals surface area contributed by atoms with E-state index in [0.717, 1.165) is 24.3 Å². The van der Waals surface area contributed by atoms with Crippen molar-refractivity contribution in [1.82, 2.24) is 5.32 Å². The highest BCUT2D eigenvalue weighted by Gasteiger charge is 2.31. The fourth-order valence-corrected chi connectivity index (χ4v) is 2.80. The summed E-state index contributed by atoms with van der Waals surface area (Å²) in [5, 5.41) is 13.2. The molecule has 1 atom stereocenters. The number of alkyl halides is 3. The minimum absolute atomic E-state index is 0.0120. The molecule has 0 heterocycles. The van der Waals surface area contributed by atoms with Crippen LogP contribution >= 0.6 is 11.6 Å². The zero-order valence-electron chi connectivity index (χ0n) is 18.4. The molecular formula is C21H20ClF3N2O8. The van der Waals surface area contributed by atoms with Crippen LogP contribution in [0.1, 0.15) is 25.8 Å². The number of carbonyl (C=O) groups is 2. The van der Waals surface area contributed by atoms with Gasteiger partial charge in [-0.15, -0.1) is 0 Å². The third kappa shape index (κ3) is 8.52. The Bertz CT molecular complexity index is 1080. The van der Waals surface area contributed by atoms with Crippen LogP contribution < -0.4 is 14.8 Å². The summed E-state index contributed by atoms with van der Waals surface area (Å²) in [7, 11) is 0. The van der Waals surface area contributed by atoms with Gasteiger partial charge in [0.15, 0.2) is 6.23 Å². The summed E-state index contributed by atoms with van der Waals surface area (Å²) in [6, 6.07) is 5.86. The number of esters is 1. The van der Waals surface area contributed by atoms with Crippen molar-refractivity contribution in [2.75, 3.05) is 13.2 Å². The topological polar surface area (TPSA) is 126 Å². The Morgan fingerprint density at radius 2 is 1.89 bits per heavy atom. The van der Waals surface area contributed by atoms with Crippen molar-refractivity contribution in [2.45, 2.75) is 32.7 Å². The number of nitro benzene ring substituents is 1. The molecule has 0 bridgehead atoms. The van der Waals surface area contributed by atoms with Gasteiger partial charge in [0, 0.05) is 12.1 Å². The largest absolute Gasteiger partial charge is 0.486 e. The zero-order chi connectivity index (χ0) is 26.2. The quantitative estimate of drug-likeness (QED) is 0.189. The van der Waals surface area contributed by atoms with E-state index in [1.807, 2.05) is 0 Å². The van der Waals surface area contributed by atoms with Crippen molar-refractivity contribution in [2.24, 2.45) is 0 Å². The first-order valence-electron chi connectivity index (χ1n) is 9.99. The molecule has 0 saturated heterocycles. The van der Waals surface area contributed by atoms with Crippen molar-refractivity contribution < 1.29 is 46.6 Å². The average molecular weight is 521 g/mol. The monoisotopic (exact) mass is 520 g/mol. The Labute approximate surface area is 202 Å². The molecule has 0 aliphatic heterocycles. The van der Waals surface area contributed by atoms with Crippen LogP contribution in [0.3, 0.4) is 0 Å². The van der Waals surface area contributed by atoms with Gasteiger partial charge in [-0.25, -0.2) is 4.79 Å². The van der Waals surface area contributed by atoms with E-state index in [4.69, 9.17) is 25.8 Å². The Morgan fingerprint density at radius 3 is 2.49 bits per heavy atom. The number of nitro groups is 1. The minimum Gasteiger partial charge on any atom is -0.486 e. The van der Waals surface area contributed by atoms with E-state index in [-0.39, 0.29) is 41.9 Å². The predicted molar refractivity (Wildman–Crippen MR) is 115 cm³/mol. The number of ether oxygens (including phenoxy) is 4. The molecule has 10 nitrogen and oxygen atoms in total. The number of nitrogens with zero attached hydrogens (tertiary/aromatic N) is 1. The van der Waals surface area contributed by atoms with Gasteiger partial charge in [-0.1, -0.05) is 11.6 Å². The standard InChI is InChI=1S/C21H20ClF3N2O8/c1-3-32-20(29)26-12(2)34-19(28)8-9-33-18-11-14(5-6-16(18)27(30)31)35-17-7-4-13(10-15(17)22)21(23,24)25/h4-7,10-12H,3,8-9H2,1-2H3,(H,26,29). The van der Waals surface area contributed by atoms with Crippen LogP contribution in [0.2, 0.25) is 5.02 Å². The summed E-state index contributed by atoms with van der Waals surface area (Å²) in [5.74, 6) is -1.16. The average Bonchev–Trinajstić information content (AvgIpc) is 2.74. The summed E-state index contributed by atoms with van der Waals surface area (Å²) in [4.78, 5) is 33.8. The molecule has 0 spiro atoms. The molecule has 0 fully saturated rings. The van der Waals surface area contributed by atoms with E-state index >= 15 is 0 Å². The second-order valence-electron chi connectivity index (χ2n) is 6.73. The number of carbonyl (C=O) groups excluding carboxylic acids is 2. The van der Waals surface area contributed by atoms with E-state index in [2.05, 4.69) is 10.1 Å². The number of amides is 1. The van der Waals surface area contributed by atoms with Crippen LogP contribution in [0.25, 0.3) is 0 Å². The van der Waals surface area contributed by atoms with Crippen LogP contribution in [0.4, 0.5) is 23.7 Å². The lowest BCUT2D eigenvalue weighted by molar-refractivity contribution is -0.385. The molecule has 1 amide bonds. The summed E-state index contributed by atoms with van der Waals surface area (Å²) in [5.41, 5.74) is -1.41. The van der Waals surface area contributed by atoms with E-state index in [9.17, 15) is 32.9 Å². The SMILES string of the molecule is CCOC(=O)NC(C)OC(=O)CCOc1cc(Oc2ccc(C(F)(F)F)cc2Cl)ccc1[N+](=O)[O-]. The molecule has 14 heteroatoms. The molecule has 0 aliphatic carbocycles. The summed E-state index contributed by atoms with van der Waals surface area (Å²) in [6.45, 7) is 2.81. The first-order valence-corrected chi connectivity index (χ1v) is 10.4. The molecule has 1 N–H and O–H groups in total. The van der Waals surface area contributed by atoms with Crippen molar-refractivity contribution >= 4 is 29.4 Å². The summed E-state index contributed by atoms with van der Waals surface area (Å²) < 4.78 is 58.8. The number of benzene rings is 2. The highest BCUT2D eigenvalue weighted by molar-refractivity contribution is 6.32. The first kappa shape index (κ1) is 27.5. The molecule has 1 unspecified atom stereocenters. The molecule has 0 aromatic heterocycles. The maximum atomic E-state index is 12.8. The normalized spacial score (nSPS) is 11.8. The second kappa shape index (κ2) is 12.1. The van der Waals surface area contributed by atoms with E-state index in [1.165, 1.54) is 13.0 Å². The number of nitrogens with one attached hydrogen (secondary N) is 1. The maximum absolute atomic E-state index is 12.8. The van der Waals surface area contributed by atoms with Gasteiger partial charge in [0.2, 0.25) is 5.75 Å². The van der Waals surface area contributed by atoms with Gasteiger partial charge in [0.05, 0.1) is 35.1 Å². The van der Waals surface area contributed by atoms with Gasteiger partial charge in [0.25, 0.3) is 0 Å². The predicted octanol–water partition coefficient (Wildman–Crippen LogP) is 5.46. The van der Waals surface area contributed by atoms with Crippen molar-refractivity contribution in [3.8, 4) is 17.2 Å². The van der Waals surface area contributed by atoms with E-state index in [1.54, 1.807) is 6.92 Å². The molecule has 190 valence electrons. The molecule has 0 saturated carbocycles. The van der Waals surface area contributed by atoms with Crippen molar-refractivity contribution in [1.29, 1.82) is 0 Å². The Balaban J connectivity index is 2.04. The number of halogens is 4. The molecule has 2 rings (SSSR count). The Hall–Kier alpha value is -3.74. The smallest absolute Gasteiger partial charge is 0.416 e.